The molecule has 1 amide bonds. The van der Waals surface area contributed by atoms with E-state index in [9.17, 15) is 4.79 Å². The van der Waals surface area contributed by atoms with Gasteiger partial charge >= 0.3 is 0 Å². The van der Waals surface area contributed by atoms with E-state index in [0.717, 1.165) is 57.8 Å². The molecule has 0 aromatic heterocycles. The summed E-state index contributed by atoms with van der Waals surface area (Å²) in [5.41, 5.74) is 6.00. The molecule has 0 saturated heterocycles. The van der Waals surface area contributed by atoms with Gasteiger partial charge in [-0.2, -0.15) is 0 Å². The molecule has 160 valence electrons. The largest absolute Gasteiger partial charge is 0.496 e. The molecule has 1 saturated carbocycles. The van der Waals surface area contributed by atoms with Crippen molar-refractivity contribution in [3.63, 3.8) is 0 Å². The normalized spacial score (nSPS) is 16.3. The Labute approximate surface area is 176 Å². The van der Waals surface area contributed by atoms with E-state index in [1.54, 1.807) is 7.11 Å². The molecule has 1 unspecified atom stereocenters. The van der Waals surface area contributed by atoms with E-state index < -0.39 is 0 Å². The minimum Gasteiger partial charge on any atom is -0.496 e. The molecule has 0 heterocycles. The van der Waals surface area contributed by atoms with Crippen LogP contribution in [0.2, 0.25) is 0 Å². The quantitative estimate of drug-likeness (QED) is 0.447. The number of carbonyl (C=O) groups is 1. The first-order valence-electron chi connectivity index (χ1n) is 10.3. The Morgan fingerprint density at radius 3 is 2.10 bits per heavy atom. The second kappa shape index (κ2) is 8.93. The minimum absolute atomic E-state index is 0.0587. The molecule has 3 N–H and O–H groups in total. The number of hydrogen-bond acceptors (Lipinski definition) is 4. The Morgan fingerprint density at radius 2 is 1.69 bits per heavy atom. The van der Waals surface area contributed by atoms with Gasteiger partial charge in [-0.3, -0.25) is 4.79 Å². The van der Waals surface area contributed by atoms with Gasteiger partial charge in [0.15, 0.2) is 0 Å². The molecule has 5 heteroatoms. The van der Waals surface area contributed by atoms with Crippen molar-refractivity contribution in [2.45, 2.75) is 72.9 Å². The number of aryl methyl sites for hydroxylation is 2. The predicted molar refractivity (Wildman–Crippen MR) is 120 cm³/mol. The summed E-state index contributed by atoms with van der Waals surface area (Å²) in [6.45, 7) is 14.2. The minimum atomic E-state index is -0.111. The molecule has 1 atom stereocenters. The standard InChI is InChI=1S/C24H37N3O2/c1-14(2)20(17(5)22(25-8)27-24(7)10-11-24)23(28)26-18(6)19-12-15(3)21(29-9)16(4)13-19/h12-13,18,25,27H,10-11H2,1-9H3,(H,26,28)/b22-17-. The van der Waals surface area contributed by atoms with Crippen molar-refractivity contribution in [1.29, 1.82) is 0 Å². The van der Waals surface area contributed by atoms with Crippen LogP contribution in [0.1, 0.15) is 70.2 Å². The second-order valence-electron chi connectivity index (χ2n) is 8.69. The van der Waals surface area contributed by atoms with Crippen molar-refractivity contribution in [1.82, 2.24) is 16.0 Å². The number of amides is 1. The van der Waals surface area contributed by atoms with Crippen LogP contribution < -0.4 is 20.7 Å². The average molecular weight is 400 g/mol. The van der Waals surface area contributed by atoms with Crippen LogP contribution in [0.5, 0.6) is 5.75 Å². The van der Waals surface area contributed by atoms with Gasteiger partial charge in [0.25, 0.3) is 5.91 Å². The van der Waals surface area contributed by atoms with E-state index in [2.05, 4.69) is 35.0 Å². The van der Waals surface area contributed by atoms with Gasteiger partial charge in [0.1, 0.15) is 11.6 Å². The summed E-state index contributed by atoms with van der Waals surface area (Å²) < 4.78 is 5.46. The van der Waals surface area contributed by atoms with Gasteiger partial charge < -0.3 is 20.7 Å². The highest BCUT2D eigenvalue weighted by Crippen LogP contribution is 2.35. The molecule has 0 bridgehead atoms. The number of carbonyl (C=O) groups excluding carboxylic acids is 1. The maximum absolute atomic E-state index is 13.2. The summed E-state index contributed by atoms with van der Waals surface area (Å²) >= 11 is 0. The highest BCUT2D eigenvalue weighted by Gasteiger charge is 2.38. The van der Waals surface area contributed by atoms with Crippen LogP contribution in [0.25, 0.3) is 0 Å². The fraction of sp³-hybridized carbons (Fsp3) is 0.542. The molecule has 0 spiro atoms. The molecular weight excluding hydrogens is 362 g/mol. The van der Waals surface area contributed by atoms with Gasteiger partial charge in [-0.25, -0.2) is 0 Å². The van der Waals surface area contributed by atoms with E-state index in [0.29, 0.717) is 0 Å². The third-order valence-electron chi connectivity index (χ3n) is 5.69. The summed E-state index contributed by atoms with van der Waals surface area (Å²) in [6, 6.07) is 4.05. The first kappa shape index (κ1) is 22.9. The molecule has 1 fully saturated rings. The van der Waals surface area contributed by atoms with Gasteiger partial charge in [0.05, 0.1) is 13.2 Å². The molecule has 0 aliphatic heterocycles. The third kappa shape index (κ3) is 5.34. The number of allylic oxidation sites excluding steroid dienone is 1. The smallest absolute Gasteiger partial charge is 0.252 e. The highest BCUT2D eigenvalue weighted by molar-refractivity contribution is 5.98. The highest BCUT2D eigenvalue weighted by atomic mass is 16.5. The molecule has 29 heavy (non-hydrogen) atoms. The zero-order valence-corrected chi connectivity index (χ0v) is 19.5. The van der Waals surface area contributed by atoms with E-state index in [4.69, 9.17) is 4.74 Å². The maximum atomic E-state index is 13.2. The van der Waals surface area contributed by atoms with Crippen LogP contribution in [0.3, 0.4) is 0 Å². The molecular formula is C24H37N3O2. The molecule has 1 aromatic carbocycles. The number of rotatable bonds is 8. The van der Waals surface area contributed by atoms with E-state index in [1.165, 1.54) is 0 Å². The van der Waals surface area contributed by atoms with Crippen molar-refractivity contribution in [3.8, 4) is 5.75 Å². The van der Waals surface area contributed by atoms with Crippen LogP contribution in [-0.4, -0.2) is 25.6 Å². The third-order valence-corrected chi connectivity index (χ3v) is 5.69. The summed E-state index contributed by atoms with van der Waals surface area (Å²) in [5.74, 6) is 1.76. The van der Waals surface area contributed by atoms with Gasteiger partial charge in [-0.05, 0) is 78.0 Å². The van der Waals surface area contributed by atoms with Crippen LogP contribution in [0.15, 0.2) is 34.7 Å². The van der Waals surface area contributed by atoms with Crippen LogP contribution in [-0.2, 0) is 4.79 Å². The van der Waals surface area contributed by atoms with E-state index >= 15 is 0 Å². The lowest BCUT2D eigenvalue weighted by molar-refractivity contribution is -0.117. The monoisotopic (exact) mass is 399 g/mol. The fourth-order valence-electron chi connectivity index (χ4n) is 3.76. The van der Waals surface area contributed by atoms with Gasteiger partial charge in [0, 0.05) is 23.7 Å². The first-order chi connectivity index (χ1) is 13.5. The van der Waals surface area contributed by atoms with Crippen molar-refractivity contribution < 1.29 is 9.53 Å². The summed E-state index contributed by atoms with van der Waals surface area (Å²) in [4.78, 5) is 13.2. The second-order valence-corrected chi connectivity index (χ2v) is 8.69. The van der Waals surface area contributed by atoms with E-state index in [-0.39, 0.29) is 17.5 Å². The van der Waals surface area contributed by atoms with Gasteiger partial charge in [0.2, 0.25) is 0 Å². The lowest BCUT2D eigenvalue weighted by Crippen LogP contribution is -2.36. The Bertz CT molecular complexity index is 821. The zero-order valence-electron chi connectivity index (χ0n) is 19.5. The maximum Gasteiger partial charge on any atom is 0.252 e. The summed E-state index contributed by atoms with van der Waals surface area (Å²) in [5, 5.41) is 9.98. The Balaban J connectivity index is 2.27. The molecule has 1 aromatic rings. The number of hydrogen-bond donors (Lipinski definition) is 3. The topological polar surface area (TPSA) is 62.4 Å². The molecule has 5 nitrogen and oxygen atoms in total. The lowest BCUT2D eigenvalue weighted by Gasteiger charge is -2.23. The molecule has 1 aliphatic rings. The van der Waals surface area contributed by atoms with Gasteiger partial charge in [-0.15, -0.1) is 0 Å². The van der Waals surface area contributed by atoms with Crippen molar-refractivity contribution in [2.75, 3.05) is 14.2 Å². The summed E-state index contributed by atoms with van der Waals surface area (Å²) in [7, 11) is 3.58. The summed E-state index contributed by atoms with van der Waals surface area (Å²) in [6.07, 6.45) is 2.30. The van der Waals surface area contributed by atoms with Crippen molar-refractivity contribution >= 4 is 5.91 Å². The van der Waals surface area contributed by atoms with Crippen molar-refractivity contribution in [3.05, 3.63) is 51.4 Å². The SMILES string of the molecule is CN/C(NC1(C)CC1)=C(\C)C(C(=O)NC(C)c1cc(C)c(OC)c(C)c1)=C(C)C. The van der Waals surface area contributed by atoms with Crippen LogP contribution in [0.4, 0.5) is 0 Å². The number of nitrogens with one attached hydrogen (secondary N) is 3. The molecule has 2 rings (SSSR count). The van der Waals surface area contributed by atoms with Crippen LogP contribution >= 0.6 is 0 Å². The number of ether oxygens (including phenoxy) is 1. The average Bonchev–Trinajstić information content (AvgIpc) is 3.36. The Morgan fingerprint density at radius 1 is 1.14 bits per heavy atom. The first-order valence-corrected chi connectivity index (χ1v) is 10.3. The lowest BCUT2D eigenvalue weighted by atomic mass is 9.98. The molecule has 0 radical (unpaired) electrons. The number of benzene rings is 1. The van der Waals surface area contributed by atoms with Crippen molar-refractivity contribution in [2.24, 2.45) is 0 Å². The van der Waals surface area contributed by atoms with E-state index in [1.807, 2.05) is 48.6 Å². The van der Waals surface area contributed by atoms with Crippen LogP contribution in [0, 0.1) is 13.8 Å². The Kier molecular flexibility index (Phi) is 7.04. The van der Waals surface area contributed by atoms with Gasteiger partial charge in [-0.1, -0.05) is 17.7 Å². The predicted octanol–water partition coefficient (Wildman–Crippen LogP) is 4.42. The Hall–Kier alpha value is -2.43. The zero-order chi connectivity index (χ0) is 21.9. The fourth-order valence-corrected chi connectivity index (χ4v) is 3.76. The molecule has 1 aliphatic carbocycles. The number of methoxy groups -OCH3 is 1.